The van der Waals surface area contributed by atoms with E-state index in [0.717, 1.165) is 26.1 Å². The van der Waals surface area contributed by atoms with Crippen molar-refractivity contribution < 1.29 is 4.79 Å². The molecule has 2 aliphatic rings. The Morgan fingerprint density at radius 1 is 1.12 bits per heavy atom. The first-order valence-corrected chi connectivity index (χ1v) is 7.30. The molecule has 0 aromatic rings. The van der Waals surface area contributed by atoms with Crippen molar-refractivity contribution in [1.82, 2.24) is 10.2 Å². The van der Waals surface area contributed by atoms with Crippen LogP contribution in [0.3, 0.4) is 0 Å². The Bertz CT molecular complexity index is 247. The maximum Gasteiger partial charge on any atom is 0.226 e. The smallest absolute Gasteiger partial charge is 0.226 e. The first-order chi connectivity index (χ1) is 8.29. The van der Waals surface area contributed by atoms with Gasteiger partial charge in [0.05, 0.1) is 0 Å². The lowest BCUT2D eigenvalue weighted by atomic mass is 10.0. The van der Waals surface area contributed by atoms with Crippen molar-refractivity contribution in [3.8, 4) is 0 Å². The van der Waals surface area contributed by atoms with Crippen LogP contribution in [0.25, 0.3) is 0 Å². The summed E-state index contributed by atoms with van der Waals surface area (Å²) in [4.78, 5) is 14.6. The van der Waals surface area contributed by atoms with E-state index in [1.807, 2.05) is 0 Å². The minimum Gasteiger partial charge on any atom is -0.339 e. The van der Waals surface area contributed by atoms with Gasteiger partial charge in [0, 0.05) is 25.0 Å². The van der Waals surface area contributed by atoms with Crippen molar-refractivity contribution in [2.45, 2.75) is 57.9 Å². The Morgan fingerprint density at radius 3 is 2.53 bits per heavy atom. The fourth-order valence-corrected chi connectivity index (χ4v) is 3.11. The third kappa shape index (κ3) is 3.44. The molecule has 0 aromatic carbocycles. The highest BCUT2D eigenvalue weighted by molar-refractivity contribution is 5.79. The third-order valence-electron chi connectivity index (χ3n) is 4.17. The molecule has 1 aliphatic heterocycles. The van der Waals surface area contributed by atoms with Crippen molar-refractivity contribution >= 4 is 5.91 Å². The molecule has 2 fully saturated rings. The van der Waals surface area contributed by atoms with Crippen molar-refractivity contribution in [3.63, 3.8) is 0 Å². The highest BCUT2D eigenvalue weighted by atomic mass is 16.2. The van der Waals surface area contributed by atoms with Gasteiger partial charge in [-0.25, -0.2) is 0 Å². The molecule has 3 nitrogen and oxygen atoms in total. The third-order valence-corrected chi connectivity index (χ3v) is 4.17. The summed E-state index contributed by atoms with van der Waals surface area (Å²) >= 11 is 0. The monoisotopic (exact) mass is 238 g/mol. The van der Waals surface area contributed by atoms with Crippen LogP contribution in [0.2, 0.25) is 0 Å². The normalized spacial score (nSPS) is 29.6. The summed E-state index contributed by atoms with van der Waals surface area (Å²) in [7, 11) is 0. The molecule has 1 saturated heterocycles. The molecule has 1 amide bonds. The van der Waals surface area contributed by atoms with E-state index >= 15 is 0 Å². The summed E-state index contributed by atoms with van der Waals surface area (Å²) in [6, 6.07) is 0.533. The largest absolute Gasteiger partial charge is 0.339 e. The second kappa shape index (κ2) is 6.39. The van der Waals surface area contributed by atoms with E-state index in [-0.39, 0.29) is 5.92 Å². The number of hydrogen-bond donors (Lipinski definition) is 1. The maximum atomic E-state index is 12.4. The molecule has 1 heterocycles. The fourth-order valence-electron chi connectivity index (χ4n) is 3.11. The van der Waals surface area contributed by atoms with Crippen LogP contribution in [0.5, 0.6) is 0 Å². The van der Waals surface area contributed by atoms with Gasteiger partial charge in [-0.3, -0.25) is 4.79 Å². The minimum absolute atomic E-state index is 0.151. The first-order valence-electron chi connectivity index (χ1n) is 7.30. The number of nitrogens with one attached hydrogen (secondary N) is 1. The van der Waals surface area contributed by atoms with Crippen molar-refractivity contribution in [2.75, 3.05) is 19.6 Å². The number of hydrogen-bond acceptors (Lipinski definition) is 2. The predicted molar refractivity (Wildman–Crippen MR) is 69.9 cm³/mol. The van der Waals surface area contributed by atoms with E-state index in [9.17, 15) is 4.79 Å². The molecule has 0 spiro atoms. The second-order valence-corrected chi connectivity index (χ2v) is 5.64. The van der Waals surface area contributed by atoms with Gasteiger partial charge in [-0.1, -0.05) is 32.6 Å². The van der Waals surface area contributed by atoms with Crippen molar-refractivity contribution in [1.29, 1.82) is 0 Å². The van der Waals surface area contributed by atoms with Crippen LogP contribution >= 0.6 is 0 Å². The number of rotatable bonds is 1. The Morgan fingerprint density at radius 2 is 1.82 bits per heavy atom. The number of carbonyl (C=O) groups is 1. The van der Waals surface area contributed by atoms with Crippen LogP contribution in [-0.4, -0.2) is 36.5 Å². The van der Waals surface area contributed by atoms with Gasteiger partial charge >= 0.3 is 0 Å². The number of amides is 1. The minimum atomic E-state index is 0.151. The van der Waals surface area contributed by atoms with Crippen molar-refractivity contribution in [3.05, 3.63) is 0 Å². The summed E-state index contributed by atoms with van der Waals surface area (Å²) in [6.07, 6.45) is 8.89. The van der Waals surface area contributed by atoms with Crippen LogP contribution < -0.4 is 5.32 Å². The Kier molecular flexibility index (Phi) is 4.84. The highest BCUT2D eigenvalue weighted by Gasteiger charge is 2.28. The van der Waals surface area contributed by atoms with E-state index in [1.165, 1.54) is 38.5 Å². The predicted octanol–water partition coefficient (Wildman–Crippen LogP) is 2.17. The quantitative estimate of drug-likeness (QED) is 0.710. The molecule has 0 aromatic heterocycles. The summed E-state index contributed by atoms with van der Waals surface area (Å²) in [6.45, 7) is 4.92. The molecule has 1 atom stereocenters. The van der Waals surface area contributed by atoms with Crippen LogP contribution in [0.4, 0.5) is 0 Å². The first kappa shape index (κ1) is 12.9. The summed E-state index contributed by atoms with van der Waals surface area (Å²) in [5, 5.41) is 3.36. The topological polar surface area (TPSA) is 32.3 Å². The summed E-state index contributed by atoms with van der Waals surface area (Å²) in [5.74, 6) is 0.530. The van der Waals surface area contributed by atoms with Gasteiger partial charge in [-0.2, -0.15) is 0 Å². The number of carbonyl (C=O) groups excluding carboxylic acids is 1. The molecule has 0 bridgehead atoms. The van der Waals surface area contributed by atoms with E-state index in [4.69, 9.17) is 0 Å². The van der Waals surface area contributed by atoms with Gasteiger partial charge in [0.2, 0.25) is 5.91 Å². The highest BCUT2D eigenvalue weighted by Crippen LogP contribution is 2.23. The van der Waals surface area contributed by atoms with Gasteiger partial charge in [-0.05, 0) is 25.8 Å². The molecule has 98 valence electrons. The average molecular weight is 238 g/mol. The van der Waals surface area contributed by atoms with Crippen molar-refractivity contribution in [2.24, 2.45) is 5.92 Å². The van der Waals surface area contributed by atoms with E-state index in [0.29, 0.717) is 11.9 Å². The molecule has 3 heteroatoms. The van der Waals surface area contributed by atoms with Gasteiger partial charge in [-0.15, -0.1) is 0 Å². The Balaban J connectivity index is 2.01. The zero-order chi connectivity index (χ0) is 12.1. The van der Waals surface area contributed by atoms with Crippen LogP contribution in [0.15, 0.2) is 0 Å². The molecule has 1 N–H and O–H groups in total. The SMILES string of the molecule is CC1CNCCCN(C2CCCCCC2)C1=O. The molecule has 2 rings (SSSR count). The van der Waals surface area contributed by atoms with Crippen LogP contribution in [0.1, 0.15) is 51.9 Å². The Hall–Kier alpha value is -0.570. The summed E-state index contributed by atoms with van der Waals surface area (Å²) < 4.78 is 0. The molecular formula is C14H26N2O. The molecule has 1 aliphatic carbocycles. The summed E-state index contributed by atoms with van der Waals surface area (Å²) in [5.41, 5.74) is 0. The van der Waals surface area contributed by atoms with E-state index < -0.39 is 0 Å². The van der Waals surface area contributed by atoms with E-state index in [1.54, 1.807) is 0 Å². The molecule has 17 heavy (non-hydrogen) atoms. The number of nitrogens with zero attached hydrogens (tertiary/aromatic N) is 1. The molecular weight excluding hydrogens is 212 g/mol. The molecule has 1 unspecified atom stereocenters. The lowest BCUT2D eigenvalue weighted by molar-refractivity contribution is -0.138. The van der Waals surface area contributed by atoms with Gasteiger partial charge in [0.1, 0.15) is 0 Å². The van der Waals surface area contributed by atoms with Gasteiger partial charge in [0.15, 0.2) is 0 Å². The molecule has 1 saturated carbocycles. The van der Waals surface area contributed by atoms with E-state index in [2.05, 4.69) is 17.1 Å². The van der Waals surface area contributed by atoms with Crippen LogP contribution in [0, 0.1) is 5.92 Å². The van der Waals surface area contributed by atoms with Gasteiger partial charge < -0.3 is 10.2 Å². The Labute approximate surface area is 105 Å². The fraction of sp³-hybridized carbons (Fsp3) is 0.929. The maximum absolute atomic E-state index is 12.4. The lowest BCUT2D eigenvalue weighted by Crippen LogP contribution is -2.48. The molecule has 0 radical (unpaired) electrons. The average Bonchev–Trinajstić information content (AvgIpc) is 2.59. The zero-order valence-electron chi connectivity index (χ0n) is 11.1. The van der Waals surface area contributed by atoms with Gasteiger partial charge in [0.25, 0.3) is 0 Å². The second-order valence-electron chi connectivity index (χ2n) is 5.64. The van der Waals surface area contributed by atoms with Crippen LogP contribution in [-0.2, 0) is 4.79 Å². The zero-order valence-corrected chi connectivity index (χ0v) is 11.1. The standard InChI is InChI=1S/C14H26N2O/c1-12-11-15-9-6-10-16(14(12)17)13-7-4-2-3-5-8-13/h12-13,15H,2-11H2,1H3. The lowest BCUT2D eigenvalue weighted by Gasteiger charge is -2.35.